The third-order valence-corrected chi connectivity index (χ3v) is 7.66. The number of pyridine rings is 1. The first-order valence-electron chi connectivity index (χ1n) is 11.2. The van der Waals surface area contributed by atoms with Crippen molar-refractivity contribution in [2.45, 2.75) is 46.2 Å². The molecular formula is C25H29ClN4O3. The molecule has 7 nitrogen and oxygen atoms in total. The van der Waals surface area contributed by atoms with Crippen molar-refractivity contribution >= 4 is 35.0 Å². The second kappa shape index (κ2) is 6.86. The van der Waals surface area contributed by atoms with Crippen LogP contribution in [0.1, 0.15) is 50.5 Å². The third-order valence-electron chi connectivity index (χ3n) is 7.42. The minimum absolute atomic E-state index is 0.0202. The van der Waals surface area contributed by atoms with Gasteiger partial charge >= 0.3 is 6.09 Å². The lowest BCUT2D eigenvalue weighted by Gasteiger charge is -2.68. The molecule has 2 amide bonds. The first-order valence-corrected chi connectivity index (χ1v) is 11.6. The Bertz CT molecular complexity index is 1170. The maximum Gasteiger partial charge on any atom is 0.407 e. The van der Waals surface area contributed by atoms with E-state index in [-0.39, 0.29) is 22.8 Å². The summed E-state index contributed by atoms with van der Waals surface area (Å²) in [5.74, 6) is -0.0606. The van der Waals surface area contributed by atoms with Gasteiger partial charge in [-0.15, -0.1) is 0 Å². The molecule has 0 saturated carbocycles. The fraction of sp³-hybridized carbons (Fsp3) is 0.480. The van der Waals surface area contributed by atoms with Crippen LogP contribution in [0.2, 0.25) is 5.02 Å². The number of anilines is 2. The molecule has 33 heavy (non-hydrogen) atoms. The van der Waals surface area contributed by atoms with E-state index in [9.17, 15) is 14.7 Å². The smallest absolute Gasteiger partial charge is 0.407 e. The predicted molar refractivity (Wildman–Crippen MR) is 128 cm³/mol. The number of amides is 2. The van der Waals surface area contributed by atoms with Crippen molar-refractivity contribution in [1.82, 2.24) is 9.88 Å². The molecule has 0 radical (unpaired) electrons. The molecule has 8 heteroatoms. The summed E-state index contributed by atoms with van der Waals surface area (Å²) < 4.78 is 0. The monoisotopic (exact) mass is 468 g/mol. The molecule has 1 aromatic carbocycles. The van der Waals surface area contributed by atoms with E-state index >= 15 is 0 Å². The van der Waals surface area contributed by atoms with Gasteiger partial charge in [-0.3, -0.25) is 14.7 Å². The number of benzene rings is 1. The highest BCUT2D eigenvalue weighted by Gasteiger charge is 2.64. The van der Waals surface area contributed by atoms with Crippen LogP contribution >= 0.6 is 11.6 Å². The van der Waals surface area contributed by atoms with E-state index in [0.29, 0.717) is 17.1 Å². The Labute approximate surface area is 198 Å². The molecule has 0 aliphatic carbocycles. The maximum absolute atomic E-state index is 13.3. The zero-order valence-electron chi connectivity index (χ0n) is 19.6. The quantitative estimate of drug-likeness (QED) is 0.682. The molecule has 1 spiro atoms. The second-order valence-electron chi connectivity index (χ2n) is 11.2. The molecule has 2 fully saturated rings. The first kappa shape index (κ1) is 22.0. The summed E-state index contributed by atoms with van der Waals surface area (Å²) >= 11 is 6.22. The van der Waals surface area contributed by atoms with E-state index in [4.69, 9.17) is 11.6 Å². The normalized spacial score (nSPS) is 22.8. The lowest BCUT2D eigenvalue weighted by atomic mass is 9.58. The molecule has 1 atom stereocenters. The van der Waals surface area contributed by atoms with Gasteiger partial charge in [-0.2, -0.15) is 0 Å². The number of aromatic nitrogens is 1. The van der Waals surface area contributed by atoms with Crippen LogP contribution in [0, 0.1) is 10.8 Å². The van der Waals surface area contributed by atoms with Crippen LogP contribution in [-0.2, 0) is 5.54 Å². The van der Waals surface area contributed by atoms with Gasteiger partial charge in [-0.25, -0.2) is 4.79 Å². The molecule has 4 heterocycles. The van der Waals surface area contributed by atoms with Gasteiger partial charge in [-0.05, 0) is 49.1 Å². The largest absolute Gasteiger partial charge is 0.465 e. The summed E-state index contributed by atoms with van der Waals surface area (Å²) in [7, 11) is 0. The van der Waals surface area contributed by atoms with Crippen LogP contribution in [0.25, 0.3) is 0 Å². The molecule has 3 aliphatic heterocycles. The number of halogens is 1. The second-order valence-corrected chi connectivity index (χ2v) is 11.6. The standard InChI is InChI=1S/C25H29ClN4O3/c1-23(2,3)21-25(14-29(21)22(32)33)12-28(13-25)16-9-17(11-27-10-16)30-20(31)18-7-6-15(26)8-19(18)24(30,4)5/h6-11,21H,12-14H2,1-5H3,(H,32,33). The van der Waals surface area contributed by atoms with Crippen molar-refractivity contribution < 1.29 is 14.7 Å². The minimum Gasteiger partial charge on any atom is -0.465 e. The average Bonchev–Trinajstić information content (AvgIpc) is 2.83. The van der Waals surface area contributed by atoms with Gasteiger partial charge in [0.25, 0.3) is 5.91 Å². The summed E-state index contributed by atoms with van der Waals surface area (Å²) in [5.41, 5.74) is 2.52. The summed E-state index contributed by atoms with van der Waals surface area (Å²) in [5, 5.41) is 10.2. The Morgan fingerprint density at radius 2 is 1.79 bits per heavy atom. The molecule has 1 aromatic heterocycles. The first-order chi connectivity index (χ1) is 15.3. The Balaban J connectivity index is 1.40. The van der Waals surface area contributed by atoms with E-state index in [1.807, 2.05) is 32.2 Å². The van der Waals surface area contributed by atoms with E-state index < -0.39 is 11.6 Å². The van der Waals surface area contributed by atoms with Gasteiger partial charge in [0.2, 0.25) is 0 Å². The highest BCUT2D eigenvalue weighted by molar-refractivity contribution is 6.31. The van der Waals surface area contributed by atoms with Gasteiger partial charge < -0.3 is 14.9 Å². The van der Waals surface area contributed by atoms with Crippen molar-refractivity contribution in [3.63, 3.8) is 0 Å². The Morgan fingerprint density at radius 3 is 2.42 bits per heavy atom. The number of rotatable bonds is 2. The Kier molecular flexibility index (Phi) is 4.57. The molecule has 2 aromatic rings. The van der Waals surface area contributed by atoms with Gasteiger partial charge in [-0.1, -0.05) is 32.4 Å². The van der Waals surface area contributed by atoms with Gasteiger partial charge in [0.1, 0.15) is 0 Å². The fourth-order valence-corrected chi connectivity index (χ4v) is 6.50. The van der Waals surface area contributed by atoms with Crippen molar-refractivity contribution in [3.05, 3.63) is 52.8 Å². The van der Waals surface area contributed by atoms with E-state index in [1.54, 1.807) is 28.1 Å². The molecule has 0 bridgehead atoms. The van der Waals surface area contributed by atoms with Crippen molar-refractivity contribution in [3.8, 4) is 0 Å². The molecule has 5 rings (SSSR count). The van der Waals surface area contributed by atoms with E-state index in [0.717, 1.165) is 30.0 Å². The van der Waals surface area contributed by atoms with Crippen molar-refractivity contribution in [2.24, 2.45) is 10.8 Å². The summed E-state index contributed by atoms with van der Waals surface area (Å²) in [6.45, 7) is 12.4. The van der Waals surface area contributed by atoms with Crippen LogP contribution in [0.15, 0.2) is 36.7 Å². The van der Waals surface area contributed by atoms with Crippen LogP contribution in [0.5, 0.6) is 0 Å². The van der Waals surface area contributed by atoms with Crippen LogP contribution in [0.4, 0.5) is 16.2 Å². The number of nitrogens with zero attached hydrogens (tertiary/aromatic N) is 4. The van der Waals surface area contributed by atoms with Gasteiger partial charge in [0.15, 0.2) is 0 Å². The van der Waals surface area contributed by atoms with Crippen LogP contribution in [0.3, 0.4) is 0 Å². The fourth-order valence-electron chi connectivity index (χ4n) is 6.32. The van der Waals surface area contributed by atoms with E-state index in [1.165, 1.54) is 0 Å². The Hall–Kier alpha value is -2.80. The summed E-state index contributed by atoms with van der Waals surface area (Å²) in [4.78, 5) is 35.0. The third kappa shape index (κ3) is 3.12. The van der Waals surface area contributed by atoms with Crippen molar-refractivity contribution in [1.29, 1.82) is 0 Å². The zero-order chi connectivity index (χ0) is 23.9. The number of carbonyl (C=O) groups excluding carboxylic acids is 1. The average molecular weight is 469 g/mol. The van der Waals surface area contributed by atoms with Crippen LogP contribution in [-0.4, -0.2) is 52.7 Å². The van der Waals surface area contributed by atoms with Gasteiger partial charge in [0, 0.05) is 35.6 Å². The van der Waals surface area contributed by atoms with Crippen molar-refractivity contribution in [2.75, 3.05) is 29.4 Å². The number of carboxylic acid groups (broad SMARTS) is 1. The minimum atomic E-state index is -0.850. The predicted octanol–water partition coefficient (Wildman–Crippen LogP) is 4.85. The SMILES string of the molecule is CC(C)(C)C1N(C(=O)O)CC12CN(c1cncc(N3C(=O)c4ccc(Cl)cc4C3(C)C)c1)C2. The number of likely N-dealkylation sites (tertiary alicyclic amines) is 1. The molecule has 1 unspecified atom stereocenters. The molecule has 1 N–H and O–H groups in total. The maximum atomic E-state index is 13.3. The highest BCUT2D eigenvalue weighted by Crippen LogP contribution is 2.53. The molecule has 3 aliphatic rings. The lowest BCUT2D eigenvalue weighted by molar-refractivity contribution is -0.121. The summed E-state index contributed by atoms with van der Waals surface area (Å²) in [6, 6.07) is 7.38. The molecule has 174 valence electrons. The molecular weight excluding hydrogens is 440 g/mol. The summed E-state index contributed by atoms with van der Waals surface area (Å²) in [6.07, 6.45) is 2.69. The number of carbonyl (C=O) groups is 2. The zero-order valence-corrected chi connectivity index (χ0v) is 20.3. The molecule has 2 saturated heterocycles. The Morgan fingerprint density at radius 1 is 1.12 bits per heavy atom. The lowest BCUT2D eigenvalue weighted by Crippen LogP contribution is -2.81. The van der Waals surface area contributed by atoms with E-state index in [2.05, 4.69) is 30.7 Å². The number of hydrogen-bond acceptors (Lipinski definition) is 4. The number of fused-ring (bicyclic) bond motifs is 1. The highest BCUT2D eigenvalue weighted by atomic mass is 35.5. The van der Waals surface area contributed by atoms with Gasteiger partial charge in [0.05, 0.1) is 35.3 Å². The van der Waals surface area contributed by atoms with Crippen LogP contribution < -0.4 is 9.80 Å². The number of hydrogen-bond donors (Lipinski definition) is 1. The topological polar surface area (TPSA) is 77.0 Å².